The Balaban J connectivity index is 1.29. The molecule has 12 heteroatoms. The maximum absolute atomic E-state index is 16.8. The number of benzene rings is 2. The zero-order valence-electron chi connectivity index (χ0n) is 24.9. The van der Waals surface area contributed by atoms with Gasteiger partial charge < -0.3 is 19.6 Å². The summed E-state index contributed by atoms with van der Waals surface area (Å²) >= 11 is 0. The SMILES string of the molecule is N#C/C=C1\C2CCC(CN1c1nc(OCC34CCCN3CC(F)C4)nc3c(F)c(-c4cc(O)cc5ccccc45)ncc13)N2C=O. The van der Waals surface area contributed by atoms with Gasteiger partial charge in [0.25, 0.3) is 0 Å². The zero-order chi connectivity index (χ0) is 31.6. The molecule has 4 atom stereocenters. The molecular weight excluding hydrogens is 592 g/mol. The number of amides is 1. The number of fused-ring (bicyclic) bond motifs is 5. The summed E-state index contributed by atoms with van der Waals surface area (Å²) in [4.78, 5) is 31.6. The van der Waals surface area contributed by atoms with Gasteiger partial charge in [0.05, 0.1) is 34.8 Å². The summed E-state index contributed by atoms with van der Waals surface area (Å²) in [5, 5.41) is 22.0. The molecule has 2 aromatic carbocycles. The summed E-state index contributed by atoms with van der Waals surface area (Å²) in [5.74, 6) is -0.425. The molecule has 4 saturated heterocycles. The van der Waals surface area contributed by atoms with Crippen LogP contribution in [-0.2, 0) is 4.79 Å². The molecule has 2 aromatic heterocycles. The average molecular weight is 624 g/mol. The van der Waals surface area contributed by atoms with Crippen LogP contribution in [0.4, 0.5) is 14.6 Å². The third-order valence-corrected chi connectivity index (χ3v) is 10.2. The number of aromatic nitrogens is 3. The number of rotatable bonds is 6. The number of allylic oxidation sites excluding steroid dienone is 1. The zero-order valence-corrected chi connectivity index (χ0v) is 24.9. The molecule has 4 unspecified atom stereocenters. The number of hydrogen-bond donors (Lipinski definition) is 1. The number of phenolic OH excluding ortho intramolecular Hbond substituents is 1. The summed E-state index contributed by atoms with van der Waals surface area (Å²) in [6, 6.07) is 12.0. The molecule has 8 rings (SSSR count). The molecule has 6 heterocycles. The van der Waals surface area contributed by atoms with Crippen molar-refractivity contribution in [2.45, 2.75) is 55.9 Å². The van der Waals surface area contributed by atoms with Crippen LogP contribution in [0, 0.1) is 17.1 Å². The van der Waals surface area contributed by atoms with E-state index in [0.29, 0.717) is 53.8 Å². The monoisotopic (exact) mass is 623 g/mol. The van der Waals surface area contributed by atoms with Crippen molar-refractivity contribution in [1.82, 2.24) is 24.8 Å². The van der Waals surface area contributed by atoms with Gasteiger partial charge in [-0.15, -0.1) is 0 Å². The van der Waals surface area contributed by atoms with Gasteiger partial charge in [0.1, 0.15) is 35.6 Å². The molecule has 1 amide bonds. The van der Waals surface area contributed by atoms with E-state index in [4.69, 9.17) is 9.72 Å². The van der Waals surface area contributed by atoms with Gasteiger partial charge in [-0.3, -0.25) is 14.7 Å². The van der Waals surface area contributed by atoms with Crippen LogP contribution in [0.2, 0.25) is 0 Å². The lowest BCUT2D eigenvalue weighted by Crippen LogP contribution is -2.52. The highest BCUT2D eigenvalue weighted by atomic mass is 19.1. The molecule has 0 radical (unpaired) electrons. The number of phenols is 1. The number of pyridine rings is 1. The third-order valence-electron chi connectivity index (χ3n) is 10.2. The number of carbonyl (C=O) groups excluding carboxylic acids is 1. The summed E-state index contributed by atoms with van der Waals surface area (Å²) in [7, 11) is 0. The molecular formula is C34H31F2N7O3. The molecule has 4 fully saturated rings. The molecule has 0 aliphatic carbocycles. The van der Waals surface area contributed by atoms with Gasteiger partial charge >= 0.3 is 6.01 Å². The first-order chi connectivity index (χ1) is 22.4. The van der Waals surface area contributed by atoms with E-state index in [1.165, 1.54) is 18.3 Å². The highest BCUT2D eigenvalue weighted by molar-refractivity contribution is 6.00. The summed E-state index contributed by atoms with van der Waals surface area (Å²) in [6.45, 7) is 1.65. The average Bonchev–Trinajstić information content (AvgIpc) is 3.69. The van der Waals surface area contributed by atoms with Crippen molar-refractivity contribution in [3.05, 3.63) is 60.2 Å². The van der Waals surface area contributed by atoms with Crippen molar-refractivity contribution >= 4 is 33.9 Å². The number of halogens is 2. The van der Waals surface area contributed by atoms with Gasteiger partial charge in [0.15, 0.2) is 5.82 Å². The Bertz CT molecular complexity index is 1970. The predicted octanol–water partition coefficient (Wildman–Crippen LogP) is 4.86. The number of anilines is 1. The maximum Gasteiger partial charge on any atom is 0.319 e. The second kappa shape index (κ2) is 10.9. The molecule has 1 N–H and O–H groups in total. The van der Waals surface area contributed by atoms with Crippen molar-refractivity contribution < 1.29 is 23.4 Å². The normalized spacial score (nSPS) is 26.6. The summed E-state index contributed by atoms with van der Waals surface area (Å²) < 4.78 is 37.5. The molecule has 4 aromatic rings. The Hall–Kier alpha value is -4.89. The van der Waals surface area contributed by atoms with E-state index in [1.807, 2.05) is 29.2 Å². The highest BCUT2D eigenvalue weighted by Gasteiger charge is 2.49. The molecule has 4 aliphatic heterocycles. The number of ether oxygens (including phenoxy) is 1. The fourth-order valence-electron chi connectivity index (χ4n) is 8.11. The van der Waals surface area contributed by atoms with Gasteiger partial charge in [-0.1, -0.05) is 24.3 Å². The molecule has 0 saturated carbocycles. The first-order valence-corrected chi connectivity index (χ1v) is 15.6. The van der Waals surface area contributed by atoms with Gasteiger partial charge in [-0.25, -0.2) is 8.78 Å². The Morgan fingerprint density at radius 3 is 2.89 bits per heavy atom. The van der Waals surface area contributed by atoms with E-state index in [9.17, 15) is 19.6 Å². The molecule has 4 aliphatic rings. The van der Waals surface area contributed by atoms with Crippen LogP contribution >= 0.6 is 0 Å². The number of alkyl halides is 1. The van der Waals surface area contributed by atoms with E-state index in [-0.39, 0.29) is 41.7 Å². The van der Waals surface area contributed by atoms with Crippen LogP contribution in [0.1, 0.15) is 32.1 Å². The summed E-state index contributed by atoms with van der Waals surface area (Å²) in [6.07, 6.45) is 6.30. The van der Waals surface area contributed by atoms with Crippen molar-refractivity contribution in [1.29, 1.82) is 5.26 Å². The minimum Gasteiger partial charge on any atom is -0.508 e. The van der Waals surface area contributed by atoms with E-state index in [2.05, 4.69) is 20.9 Å². The lowest BCUT2D eigenvalue weighted by molar-refractivity contribution is -0.120. The first kappa shape index (κ1) is 28.6. The van der Waals surface area contributed by atoms with Crippen LogP contribution in [0.15, 0.2) is 54.4 Å². The predicted molar refractivity (Wildman–Crippen MR) is 166 cm³/mol. The van der Waals surface area contributed by atoms with Crippen molar-refractivity contribution in [2.75, 3.05) is 31.1 Å². The molecule has 46 heavy (non-hydrogen) atoms. The van der Waals surface area contributed by atoms with E-state index in [0.717, 1.165) is 37.6 Å². The van der Waals surface area contributed by atoms with Gasteiger partial charge in [-0.2, -0.15) is 15.2 Å². The van der Waals surface area contributed by atoms with Crippen molar-refractivity contribution in [3.8, 4) is 29.1 Å². The Morgan fingerprint density at radius 2 is 2.04 bits per heavy atom. The van der Waals surface area contributed by atoms with E-state index >= 15 is 4.39 Å². The Labute approximate surface area is 263 Å². The van der Waals surface area contributed by atoms with Crippen LogP contribution < -0.4 is 9.64 Å². The Kier molecular flexibility index (Phi) is 6.76. The molecule has 10 nitrogen and oxygen atoms in total. The maximum atomic E-state index is 16.8. The number of nitriles is 1. The van der Waals surface area contributed by atoms with Gasteiger partial charge in [-0.05, 0) is 55.1 Å². The number of piperazine rings is 1. The molecule has 234 valence electrons. The first-order valence-electron chi connectivity index (χ1n) is 15.6. The van der Waals surface area contributed by atoms with E-state index in [1.54, 1.807) is 11.0 Å². The summed E-state index contributed by atoms with van der Waals surface area (Å²) in [5.41, 5.74) is 0.482. The topological polar surface area (TPSA) is 119 Å². The molecule has 0 spiro atoms. The minimum absolute atomic E-state index is 0.00506. The lowest BCUT2D eigenvalue weighted by atomic mass is 9.95. The number of aromatic hydroxyl groups is 1. The largest absolute Gasteiger partial charge is 0.508 e. The lowest BCUT2D eigenvalue weighted by Gasteiger charge is -2.41. The van der Waals surface area contributed by atoms with Gasteiger partial charge in [0.2, 0.25) is 6.41 Å². The van der Waals surface area contributed by atoms with Crippen LogP contribution in [0.5, 0.6) is 11.8 Å². The standard InChI is InChI=1S/C34H31F2N7O3/c35-21-14-34(9-3-11-41(34)16-21)18-46-33-39-31-26(32(40-33)42-17-22-6-7-27(43(22)19-44)28(42)8-10-37)15-38-30(29(31)36)25-13-23(45)12-20-4-1-2-5-24(20)25/h1-2,4-5,8,12-13,15,19,21-22,27,45H,3,6-7,9,11,14,16-18H2/b28-8+. The van der Waals surface area contributed by atoms with Gasteiger partial charge in [0, 0.05) is 37.3 Å². The fraction of sp³-hybridized carbons (Fsp3) is 0.382. The third kappa shape index (κ3) is 4.44. The number of hydrogen-bond acceptors (Lipinski definition) is 9. The highest BCUT2D eigenvalue weighted by Crippen LogP contribution is 2.43. The van der Waals surface area contributed by atoms with Crippen molar-refractivity contribution in [2.24, 2.45) is 0 Å². The second-order valence-electron chi connectivity index (χ2n) is 12.7. The minimum atomic E-state index is -0.941. The van der Waals surface area contributed by atoms with Crippen molar-refractivity contribution in [3.63, 3.8) is 0 Å². The smallest absolute Gasteiger partial charge is 0.319 e. The number of carbonyl (C=O) groups is 1. The fourth-order valence-corrected chi connectivity index (χ4v) is 8.11. The second-order valence-corrected chi connectivity index (χ2v) is 12.7. The van der Waals surface area contributed by atoms with Crippen LogP contribution in [0.3, 0.4) is 0 Å². The van der Waals surface area contributed by atoms with Crippen LogP contribution in [0.25, 0.3) is 32.9 Å². The number of nitrogens with zero attached hydrogens (tertiary/aromatic N) is 7. The molecule has 2 bridgehead atoms. The quantitative estimate of drug-likeness (QED) is 0.237. The van der Waals surface area contributed by atoms with E-state index < -0.39 is 17.5 Å². The van der Waals surface area contributed by atoms with Crippen LogP contribution in [-0.4, -0.2) is 86.3 Å². The Morgan fingerprint density at radius 1 is 1.17 bits per heavy atom.